The van der Waals surface area contributed by atoms with Crippen molar-refractivity contribution < 1.29 is 23.9 Å². The van der Waals surface area contributed by atoms with Gasteiger partial charge in [-0.05, 0) is 72.3 Å². The van der Waals surface area contributed by atoms with Crippen molar-refractivity contribution in [2.24, 2.45) is 0 Å². The van der Waals surface area contributed by atoms with Gasteiger partial charge in [0.15, 0.2) is 0 Å². The molecule has 0 aliphatic carbocycles. The Morgan fingerprint density at radius 3 is 2.39 bits per heavy atom. The molecule has 2 aromatic rings. The minimum absolute atomic E-state index is 0.343. The van der Waals surface area contributed by atoms with Gasteiger partial charge in [0.1, 0.15) is 22.9 Å². The highest BCUT2D eigenvalue weighted by atomic mass is 32.1. The summed E-state index contributed by atoms with van der Waals surface area (Å²) in [6, 6.07) is 2.57. The molecule has 0 fully saturated rings. The van der Waals surface area contributed by atoms with Crippen molar-refractivity contribution in [2.45, 2.75) is 78.0 Å². The zero-order valence-corrected chi connectivity index (χ0v) is 20.8. The number of hydrogen-bond acceptors (Lipinski definition) is 8. The fourth-order valence-electron chi connectivity index (χ4n) is 2.72. The van der Waals surface area contributed by atoms with Crippen LogP contribution in [0, 0.1) is 0 Å². The lowest BCUT2D eigenvalue weighted by molar-refractivity contribution is -0.157. The van der Waals surface area contributed by atoms with Crippen LogP contribution < -0.4 is 10.6 Å². The van der Waals surface area contributed by atoms with E-state index in [0.29, 0.717) is 31.5 Å². The molecule has 182 valence electrons. The average molecular weight is 480 g/mol. The van der Waals surface area contributed by atoms with E-state index in [1.54, 1.807) is 47.7 Å². The molecule has 0 aliphatic heterocycles. The van der Waals surface area contributed by atoms with E-state index in [1.165, 1.54) is 11.3 Å². The third-order valence-electron chi connectivity index (χ3n) is 4.05. The van der Waals surface area contributed by atoms with Crippen LogP contribution in [0.4, 0.5) is 9.59 Å². The van der Waals surface area contributed by atoms with Gasteiger partial charge in [-0.25, -0.2) is 14.4 Å². The second kappa shape index (κ2) is 11.3. The number of amides is 2. The number of carbonyl (C=O) groups excluding carboxylic acids is 3. The number of nitrogens with zero attached hydrogens (tertiary/aromatic N) is 3. The molecule has 0 saturated heterocycles. The summed E-state index contributed by atoms with van der Waals surface area (Å²) in [6.45, 7) is 10.9. The molecule has 0 aromatic carbocycles. The second-order valence-electron chi connectivity index (χ2n) is 9.49. The first-order valence-corrected chi connectivity index (χ1v) is 11.7. The summed E-state index contributed by atoms with van der Waals surface area (Å²) < 4.78 is 11.8. The van der Waals surface area contributed by atoms with Crippen LogP contribution in [0.15, 0.2) is 23.7 Å². The molecule has 2 N–H and O–H groups in total. The highest BCUT2D eigenvalue weighted by Crippen LogP contribution is 2.21. The summed E-state index contributed by atoms with van der Waals surface area (Å²) in [5.41, 5.74) is -0.732. The van der Waals surface area contributed by atoms with Crippen molar-refractivity contribution in [1.29, 1.82) is 0 Å². The molecule has 33 heavy (non-hydrogen) atoms. The van der Waals surface area contributed by atoms with Gasteiger partial charge in [-0.1, -0.05) is 11.3 Å². The summed E-state index contributed by atoms with van der Waals surface area (Å²) in [7, 11) is 0. The van der Waals surface area contributed by atoms with Crippen LogP contribution in [0.1, 0.15) is 60.8 Å². The highest BCUT2D eigenvalue weighted by Gasteiger charge is 2.28. The van der Waals surface area contributed by atoms with Crippen LogP contribution in [0.2, 0.25) is 0 Å². The van der Waals surface area contributed by atoms with Gasteiger partial charge in [-0.15, -0.1) is 16.4 Å². The molecule has 0 saturated carbocycles. The lowest BCUT2D eigenvalue weighted by Gasteiger charge is -2.26. The topological polar surface area (TPSA) is 124 Å². The Labute approximate surface area is 198 Å². The van der Waals surface area contributed by atoms with E-state index >= 15 is 0 Å². The maximum atomic E-state index is 12.5. The minimum atomic E-state index is -0.849. The number of unbranched alkanes of at least 4 members (excludes halogenated alkanes) is 1. The Bertz CT molecular complexity index is 928. The molecule has 2 amide bonds. The van der Waals surface area contributed by atoms with E-state index in [9.17, 15) is 14.4 Å². The van der Waals surface area contributed by atoms with Crippen LogP contribution in [0.3, 0.4) is 0 Å². The fourth-order valence-corrected chi connectivity index (χ4v) is 3.40. The van der Waals surface area contributed by atoms with E-state index in [-0.39, 0.29) is 6.03 Å². The third kappa shape index (κ3) is 9.60. The number of aromatic nitrogens is 3. The predicted molar refractivity (Wildman–Crippen MR) is 125 cm³/mol. The van der Waals surface area contributed by atoms with Gasteiger partial charge in [0.25, 0.3) is 0 Å². The summed E-state index contributed by atoms with van der Waals surface area (Å²) in [6.07, 6.45) is 2.39. The molecular formula is C22H33N5O5S. The smallest absolute Gasteiger partial charge is 0.408 e. The number of rotatable bonds is 8. The maximum Gasteiger partial charge on any atom is 0.408 e. The summed E-state index contributed by atoms with van der Waals surface area (Å²) >= 11 is 1.52. The predicted octanol–water partition coefficient (Wildman–Crippen LogP) is 3.97. The molecule has 0 unspecified atom stereocenters. The minimum Gasteiger partial charge on any atom is -0.458 e. The Hall–Kier alpha value is -2.95. The van der Waals surface area contributed by atoms with E-state index < -0.39 is 29.3 Å². The summed E-state index contributed by atoms with van der Waals surface area (Å²) in [5.74, 6) is -0.527. The molecule has 2 aromatic heterocycles. The van der Waals surface area contributed by atoms with Gasteiger partial charge in [0, 0.05) is 6.54 Å². The van der Waals surface area contributed by atoms with Crippen LogP contribution in [-0.2, 0) is 14.3 Å². The van der Waals surface area contributed by atoms with Gasteiger partial charge in [0.2, 0.25) is 0 Å². The first-order chi connectivity index (χ1) is 15.3. The van der Waals surface area contributed by atoms with Crippen molar-refractivity contribution in [2.75, 3.05) is 6.54 Å². The van der Waals surface area contributed by atoms with Crippen molar-refractivity contribution in [3.8, 4) is 10.6 Å². The number of carbonyl (C=O) groups is 3. The third-order valence-corrected chi connectivity index (χ3v) is 4.95. The van der Waals surface area contributed by atoms with Gasteiger partial charge in [0.05, 0.1) is 11.1 Å². The average Bonchev–Trinajstić information content (AvgIpc) is 3.35. The van der Waals surface area contributed by atoms with E-state index in [0.717, 1.165) is 9.56 Å². The lowest BCUT2D eigenvalue weighted by Crippen LogP contribution is -2.46. The fraction of sp³-hybridized carbons (Fsp3) is 0.591. The molecule has 2 heterocycles. The quantitative estimate of drug-likeness (QED) is 0.433. The molecule has 1 atom stereocenters. The van der Waals surface area contributed by atoms with Crippen molar-refractivity contribution in [3.05, 3.63) is 23.7 Å². The number of alkyl carbamates (subject to hydrolysis) is 1. The van der Waals surface area contributed by atoms with Crippen LogP contribution in [0.25, 0.3) is 10.6 Å². The highest BCUT2D eigenvalue weighted by molar-refractivity contribution is 7.13. The van der Waals surface area contributed by atoms with Crippen molar-refractivity contribution in [3.63, 3.8) is 0 Å². The molecule has 10 nitrogen and oxygen atoms in total. The molecule has 0 bridgehead atoms. The van der Waals surface area contributed by atoms with Crippen LogP contribution in [0.5, 0.6) is 0 Å². The maximum absolute atomic E-state index is 12.5. The largest absolute Gasteiger partial charge is 0.458 e. The molecule has 2 rings (SSSR count). The van der Waals surface area contributed by atoms with Crippen molar-refractivity contribution in [1.82, 2.24) is 25.6 Å². The van der Waals surface area contributed by atoms with E-state index in [1.807, 2.05) is 17.5 Å². The molecule has 11 heteroatoms. The van der Waals surface area contributed by atoms with Crippen LogP contribution in [-0.4, -0.2) is 56.9 Å². The molecule has 0 aliphatic rings. The number of ether oxygens (including phenoxy) is 2. The second-order valence-corrected chi connectivity index (χ2v) is 10.4. The Morgan fingerprint density at radius 1 is 1.09 bits per heavy atom. The number of esters is 1. The number of thiophene rings is 1. The van der Waals surface area contributed by atoms with Crippen molar-refractivity contribution >= 4 is 29.4 Å². The number of nitrogens with one attached hydrogen (secondary N) is 2. The van der Waals surface area contributed by atoms with Gasteiger partial charge in [-0.3, -0.25) is 0 Å². The zero-order valence-electron chi connectivity index (χ0n) is 20.0. The Balaban J connectivity index is 1.82. The van der Waals surface area contributed by atoms with Gasteiger partial charge in [-0.2, -0.15) is 4.68 Å². The summed E-state index contributed by atoms with van der Waals surface area (Å²) in [4.78, 5) is 37.9. The Morgan fingerprint density at radius 2 is 1.79 bits per heavy atom. The normalized spacial score (nSPS) is 12.7. The first kappa shape index (κ1) is 26.3. The summed E-state index contributed by atoms with van der Waals surface area (Å²) in [5, 5.41) is 15.2. The standard InChI is InChI=1S/C22H33N5O5S/c1-21(2,3)31-18(28)15(24-20(30)32-22(4,5)6)10-7-8-12-23-19(29)27-14-16(25-26-27)17-11-9-13-33-17/h9,11,13-15H,7-8,10,12H2,1-6H3,(H,23,29)(H,24,30)/t15-/m0/s1. The van der Waals surface area contributed by atoms with E-state index in [2.05, 4.69) is 20.9 Å². The SMILES string of the molecule is CC(C)(C)OC(=O)N[C@@H](CCCCNC(=O)n1cc(-c2cccs2)nn1)C(=O)OC(C)(C)C. The van der Waals surface area contributed by atoms with Crippen LogP contribution >= 0.6 is 11.3 Å². The van der Waals surface area contributed by atoms with Gasteiger partial charge >= 0.3 is 18.1 Å². The van der Waals surface area contributed by atoms with E-state index in [4.69, 9.17) is 9.47 Å². The monoisotopic (exact) mass is 479 g/mol. The van der Waals surface area contributed by atoms with Gasteiger partial charge < -0.3 is 20.1 Å². The lowest BCUT2D eigenvalue weighted by atomic mass is 10.1. The Kier molecular flexibility index (Phi) is 8.98. The molecule has 0 radical (unpaired) electrons. The number of hydrogen-bond donors (Lipinski definition) is 2. The molecular weight excluding hydrogens is 446 g/mol. The molecule has 0 spiro atoms. The zero-order chi connectivity index (χ0) is 24.6. The first-order valence-electron chi connectivity index (χ1n) is 10.8.